The minimum absolute atomic E-state index is 0.00235. The zero-order valence-electron chi connectivity index (χ0n) is 23.8. The Morgan fingerprint density at radius 2 is 0.647 bits per heavy atom. The van der Waals surface area contributed by atoms with Crippen LogP contribution >= 0.6 is 0 Å². The molecule has 0 aliphatic rings. The first-order chi connectivity index (χ1) is 16.8. The lowest BCUT2D eigenvalue weighted by molar-refractivity contribution is -0.143. The monoisotopic (exact) mass is 480 g/mol. The summed E-state index contributed by atoms with van der Waals surface area (Å²) in [6.45, 7) is 5.02. The Bertz CT molecular complexity index is 379. The van der Waals surface area contributed by atoms with E-state index in [1.165, 1.54) is 154 Å². The molecule has 0 unspecified atom stereocenters. The zero-order chi connectivity index (χ0) is 24.8. The summed E-state index contributed by atoms with van der Waals surface area (Å²) in [5.74, 6) is 0.00235. The van der Waals surface area contributed by atoms with Crippen LogP contribution in [0.3, 0.4) is 0 Å². The molecule has 0 amide bonds. The molecular weight excluding hydrogens is 416 g/mol. The summed E-state index contributed by atoms with van der Waals surface area (Å²) in [6, 6.07) is 0. The van der Waals surface area contributed by atoms with Gasteiger partial charge in [-0.3, -0.25) is 4.79 Å². The maximum absolute atomic E-state index is 11.5. The van der Waals surface area contributed by atoms with Gasteiger partial charge in [0.15, 0.2) is 0 Å². The third kappa shape index (κ3) is 29.5. The predicted octanol–water partition coefficient (Wildman–Crippen LogP) is 11.5. The van der Waals surface area contributed by atoms with Crippen LogP contribution in [0.15, 0.2) is 0 Å². The molecule has 0 spiro atoms. The summed E-state index contributed by atoms with van der Waals surface area (Å²) < 4.78 is 5.20. The third-order valence-corrected chi connectivity index (χ3v) is 7.25. The van der Waals surface area contributed by atoms with E-state index < -0.39 is 0 Å². The van der Waals surface area contributed by atoms with Gasteiger partial charge in [-0.15, -0.1) is 0 Å². The Kier molecular flexibility index (Phi) is 30.0. The highest BCUT2D eigenvalue weighted by Gasteiger charge is 2.02. The van der Waals surface area contributed by atoms with Crippen molar-refractivity contribution < 1.29 is 9.53 Å². The second-order valence-electron chi connectivity index (χ2n) is 10.8. The lowest BCUT2D eigenvalue weighted by Crippen LogP contribution is -2.05. The molecule has 0 N–H and O–H groups in total. The van der Waals surface area contributed by atoms with Crippen molar-refractivity contribution in [3.05, 3.63) is 0 Å². The molecule has 204 valence electrons. The standard InChI is InChI=1S/C32H64O2/c1-3-5-7-8-9-10-11-12-13-14-15-16-17-18-19-20-21-22-23-24-25-26-27-28-29-30-32(33)34-31-6-4-2/h3-31H2,1-2H3. The molecule has 0 saturated heterocycles. The van der Waals surface area contributed by atoms with E-state index in [2.05, 4.69) is 13.8 Å². The SMILES string of the molecule is CCCCCCCCCCCCCCCCCCCCCCCCCCCC(=O)OCCCC. The van der Waals surface area contributed by atoms with Crippen LogP contribution in [0.4, 0.5) is 0 Å². The highest BCUT2D eigenvalue weighted by molar-refractivity contribution is 5.69. The quantitative estimate of drug-likeness (QED) is 0.0785. The van der Waals surface area contributed by atoms with Gasteiger partial charge < -0.3 is 4.74 Å². The van der Waals surface area contributed by atoms with Crippen LogP contribution in [-0.2, 0) is 9.53 Å². The summed E-state index contributed by atoms with van der Waals surface area (Å²) in [7, 11) is 0. The van der Waals surface area contributed by atoms with Gasteiger partial charge in [0.1, 0.15) is 0 Å². The average Bonchev–Trinajstić information content (AvgIpc) is 2.84. The zero-order valence-corrected chi connectivity index (χ0v) is 23.8. The fourth-order valence-corrected chi connectivity index (χ4v) is 4.81. The molecule has 0 radical (unpaired) electrons. The van der Waals surface area contributed by atoms with E-state index in [1.54, 1.807) is 0 Å². The summed E-state index contributed by atoms with van der Waals surface area (Å²) in [5, 5.41) is 0. The van der Waals surface area contributed by atoms with Crippen LogP contribution in [0, 0.1) is 0 Å². The first-order valence-electron chi connectivity index (χ1n) is 16.0. The van der Waals surface area contributed by atoms with E-state index in [1.807, 2.05) is 0 Å². The summed E-state index contributed by atoms with van der Waals surface area (Å²) >= 11 is 0. The molecule has 0 aromatic rings. The molecule has 0 aliphatic carbocycles. The number of ether oxygens (including phenoxy) is 1. The fourth-order valence-electron chi connectivity index (χ4n) is 4.81. The number of carbonyl (C=O) groups excluding carboxylic acids is 1. The number of hydrogen-bond acceptors (Lipinski definition) is 2. The molecule has 0 rings (SSSR count). The molecule has 2 nitrogen and oxygen atoms in total. The van der Waals surface area contributed by atoms with Gasteiger partial charge in [-0.05, 0) is 12.8 Å². The molecular formula is C32H64O2. The van der Waals surface area contributed by atoms with Gasteiger partial charge in [0.2, 0.25) is 0 Å². The topological polar surface area (TPSA) is 26.3 Å². The van der Waals surface area contributed by atoms with Crippen LogP contribution in [-0.4, -0.2) is 12.6 Å². The van der Waals surface area contributed by atoms with Crippen LogP contribution < -0.4 is 0 Å². The Morgan fingerprint density at radius 3 is 0.941 bits per heavy atom. The van der Waals surface area contributed by atoms with E-state index in [0.29, 0.717) is 13.0 Å². The number of rotatable bonds is 29. The fraction of sp³-hybridized carbons (Fsp3) is 0.969. The van der Waals surface area contributed by atoms with Crippen LogP contribution in [0.1, 0.15) is 194 Å². The van der Waals surface area contributed by atoms with Crippen molar-refractivity contribution in [3.8, 4) is 0 Å². The average molecular weight is 481 g/mol. The number of esters is 1. The lowest BCUT2D eigenvalue weighted by Gasteiger charge is -2.05. The summed E-state index contributed by atoms with van der Waals surface area (Å²) in [5.41, 5.74) is 0. The van der Waals surface area contributed by atoms with Crippen molar-refractivity contribution in [2.24, 2.45) is 0 Å². The highest BCUT2D eigenvalue weighted by Crippen LogP contribution is 2.16. The predicted molar refractivity (Wildman–Crippen MR) is 152 cm³/mol. The van der Waals surface area contributed by atoms with Gasteiger partial charge in [0, 0.05) is 6.42 Å². The van der Waals surface area contributed by atoms with Gasteiger partial charge in [0.05, 0.1) is 6.61 Å². The van der Waals surface area contributed by atoms with Gasteiger partial charge in [0.25, 0.3) is 0 Å². The minimum Gasteiger partial charge on any atom is -0.466 e. The van der Waals surface area contributed by atoms with Crippen LogP contribution in [0.2, 0.25) is 0 Å². The van der Waals surface area contributed by atoms with Crippen molar-refractivity contribution >= 4 is 5.97 Å². The van der Waals surface area contributed by atoms with E-state index in [4.69, 9.17) is 4.74 Å². The number of hydrogen-bond donors (Lipinski definition) is 0. The molecule has 0 aliphatic heterocycles. The number of unbranched alkanes of at least 4 members (excludes halogenated alkanes) is 25. The molecule has 0 aromatic carbocycles. The Morgan fingerprint density at radius 1 is 0.382 bits per heavy atom. The van der Waals surface area contributed by atoms with Gasteiger partial charge >= 0.3 is 5.97 Å². The highest BCUT2D eigenvalue weighted by atomic mass is 16.5. The maximum atomic E-state index is 11.5. The normalized spacial score (nSPS) is 11.2. The van der Waals surface area contributed by atoms with Gasteiger partial charge in [-0.2, -0.15) is 0 Å². The first-order valence-corrected chi connectivity index (χ1v) is 16.0. The molecule has 0 bridgehead atoms. The second-order valence-corrected chi connectivity index (χ2v) is 10.8. The van der Waals surface area contributed by atoms with E-state index in [9.17, 15) is 4.79 Å². The molecule has 0 heterocycles. The maximum Gasteiger partial charge on any atom is 0.305 e. The molecule has 0 aromatic heterocycles. The second kappa shape index (κ2) is 30.5. The molecule has 2 heteroatoms. The van der Waals surface area contributed by atoms with Crippen LogP contribution in [0.5, 0.6) is 0 Å². The van der Waals surface area contributed by atoms with E-state index in [0.717, 1.165) is 19.3 Å². The van der Waals surface area contributed by atoms with Crippen molar-refractivity contribution in [2.45, 2.75) is 194 Å². The van der Waals surface area contributed by atoms with E-state index >= 15 is 0 Å². The minimum atomic E-state index is 0.00235. The van der Waals surface area contributed by atoms with Gasteiger partial charge in [-0.25, -0.2) is 0 Å². The summed E-state index contributed by atoms with van der Waals surface area (Å²) in [4.78, 5) is 11.5. The van der Waals surface area contributed by atoms with E-state index in [-0.39, 0.29) is 5.97 Å². The molecule has 0 fully saturated rings. The van der Waals surface area contributed by atoms with Crippen molar-refractivity contribution in [3.63, 3.8) is 0 Å². The van der Waals surface area contributed by atoms with Crippen molar-refractivity contribution in [1.82, 2.24) is 0 Å². The van der Waals surface area contributed by atoms with Gasteiger partial charge in [-0.1, -0.05) is 174 Å². The van der Waals surface area contributed by atoms with Crippen molar-refractivity contribution in [1.29, 1.82) is 0 Å². The Hall–Kier alpha value is -0.530. The van der Waals surface area contributed by atoms with Crippen molar-refractivity contribution in [2.75, 3.05) is 6.61 Å². The Labute approximate surface area is 215 Å². The molecule has 0 saturated carbocycles. The molecule has 0 atom stereocenters. The smallest absolute Gasteiger partial charge is 0.305 e. The largest absolute Gasteiger partial charge is 0.466 e. The third-order valence-electron chi connectivity index (χ3n) is 7.25. The summed E-state index contributed by atoms with van der Waals surface area (Å²) in [6.07, 6.45) is 37.9. The molecule has 34 heavy (non-hydrogen) atoms. The van der Waals surface area contributed by atoms with Crippen LogP contribution in [0.25, 0.3) is 0 Å². The first kappa shape index (κ1) is 33.5. The lowest BCUT2D eigenvalue weighted by atomic mass is 10.0. The number of carbonyl (C=O) groups is 1. The Balaban J connectivity index is 3.06.